The van der Waals surface area contributed by atoms with Crippen molar-refractivity contribution in [2.24, 2.45) is 0 Å². The number of rotatable bonds is 8. The molecule has 2 N–H and O–H groups in total. The van der Waals surface area contributed by atoms with Gasteiger partial charge in [0.05, 0.1) is 21.8 Å². The molecule has 1 aliphatic rings. The molecular weight excluding hydrogens is 562 g/mol. The van der Waals surface area contributed by atoms with Crippen molar-refractivity contribution in [1.82, 2.24) is 19.7 Å². The van der Waals surface area contributed by atoms with Gasteiger partial charge in [-0.15, -0.1) is 0 Å². The highest BCUT2D eigenvalue weighted by Gasteiger charge is 2.24. The van der Waals surface area contributed by atoms with Crippen LogP contribution in [0.3, 0.4) is 0 Å². The molecule has 0 saturated heterocycles. The van der Waals surface area contributed by atoms with Gasteiger partial charge in [-0.05, 0) is 54.4 Å². The van der Waals surface area contributed by atoms with E-state index in [2.05, 4.69) is 10.6 Å². The first kappa shape index (κ1) is 26.8. The van der Waals surface area contributed by atoms with Gasteiger partial charge in [0.1, 0.15) is 5.65 Å². The van der Waals surface area contributed by atoms with Crippen molar-refractivity contribution >= 4 is 56.8 Å². The van der Waals surface area contributed by atoms with Crippen LogP contribution < -0.4 is 20.1 Å². The SMILES string of the molecule is CC[C@@H](Sc1nc2cc(C(=O)NCc3ccccc3)ccc2c2nc3ccccc3n12)C(=O)Nc1ccc2c(c1)OCO2. The zero-order chi connectivity index (χ0) is 29.3. The smallest absolute Gasteiger partial charge is 0.251 e. The van der Waals surface area contributed by atoms with Gasteiger partial charge in [-0.2, -0.15) is 0 Å². The zero-order valence-electron chi connectivity index (χ0n) is 23.2. The fourth-order valence-corrected chi connectivity index (χ4v) is 6.14. The molecule has 6 aromatic rings. The average Bonchev–Trinajstić information content (AvgIpc) is 3.67. The molecule has 1 aliphatic heterocycles. The van der Waals surface area contributed by atoms with E-state index in [1.54, 1.807) is 30.3 Å². The van der Waals surface area contributed by atoms with Gasteiger partial charge in [0, 0.05) is 29.2 Å². The molecule has 0 spiro atoms. The second-order valence-electron chi connectivity index (χ2n) is 10.1. The Morgan fingerprint density at radius 2 is 1.72 bits per heavy atom. The van der Waals surface area contributed by atoms with Gasteiger partial charge < -0.3 is 20.1 Å². The maximum Gasteiger partial charge on any atom is 0.251 e. The summed E-state index contributed by atoms with van der Waals surface area (Å²) in [6, 6.07) is 28.4. The second kappa shape index (κ2) is 11.3. The molecule has 0 bridgehead atoms. The highest BCUT2D eigenvalue weighted by Crippen LogP contribution is 2.36. The number of imidazole rings is 1. The minimum absolute atomic E-state index is 0.153. The third-order valence-corrected chi connectivity index (χ3v) is 8.63. The number of carbonyl (C=O) groups excluding carboxylic acids is 2. The van der Waals surface area contributed by atoms with E-state index in [0.29, 0.717) is 46.4 Å². The molecule has 0 unspecified atom stereocenters. The number of para-hydroxylation sites is 2. The number of nitrogens with zero attached hydrogens (tertiary/aromatic N) is 3. The Kier molecular flexibility index (Phi) is 7.04. The van der Waals surface area contributed by atoms with Crippen molar-refractivity contribution in [2.45, 2.75) is 30.3 Å². The molecule has 0 aliphatic carbocycles. The summed E-state index contributed by atoms with van der Waals surface area (Å²) in [5.41, 5.74) is 5.21. The van der Waals surface area contributed by atoms with E-state index in [-0.39, 0.29) is 18.6 Å². The number of hydrogen-bond acceptors (Lipinski definition) is 7. The molecule has 3 heterocycles. The standard InChI is InChI=1S/C33H27N5O4S/c1-2-29(32(40)35-22-13-15-27-28(17-22)42-19-41-27)43-33-37-25-16-21(31(39)34-18-20-8-4-3-5-9-20)12-14-23(25)30-36-24-10-6-7-11-26(24)38(30)33/h3-17,29H,2,18-19H2,1H3,(H,34,39)(H,35,40)/t29-/m1/s1. The molecule has 0 radical (unpaired) electrons. The minimum Gasteiger partial charge on any atom is -0.454 e. The van der Waals surface area contributed by atoms with Crippen LogP contribution in [0.2, 0.25) is 0 Å². The summed E-state index contributed by atoms with van der Waals surface area (Å²) in [4.78, 5) is 36.5. The first-order valence-electron chi connectivity index (χ1n) is 14.0. The number of carbonyl (C=O) groups is 2. The summed E-state index contributed by atoms with van der Waals surface area (Å²) in [5.74, 6) is 0.914. The number of anilines is 1. The molecule has 1 atom stereocenters. The fourth-order valence-electron chi connectivity index (χ4n) is 5.11. The molecule has 0 fully saturated rings. The third-order valence-electron chi connectivity index (χ3n) is 7.32. The Balaban J connectivity index is 1.23. The van der Waals surface area contributed by atoms with Crippen molar-refractivity contribution in [1.29, 1.82) is 0 Å². The molecule has 43 heavy (non-hydrogen) atoms. The molecule has 2 amide bonds. The van der Waals surface area contributed by atoms with Crippen molar-refractivity contribution in [2.75, 3.05) is 12.1 Å². The zero-order valence-corrected chi connectivity index (χ0v) is 24.1. The summed E-state index contributed by atoms with van der Waals surface area (Å²) in [6.45, 7) is 2.56. The van der Waals surface area contributed by atoms with Crippen LogP contribution in [0.4, 0.5) is 5.69 Å². The lowest BCUT2D eigenvalue weighted by Gasteiger charge is -2.16. The summed E-state index contributed by atoms with van der Waals surface area (Å²) in [7, 11) is 0. The summed E-state index contributed by atoms with van der Waals surface area (Å²) < 4.78 is 12.8. The number of benzene rings is 4. The van der Waals surface area contributed by atoms with Crippen LogP contribution in [-0.2, 0) is 11.3 Å². The van der Waals surface area contributed by atoms with E-state index < -0.39 is 5.25 Å². The largest absolute Gasteiger partial charge is 0.454 e. The normalized spacial score (nSPS) is 13.0. The molecular formula is C33H27N5O4S. The van der Waals surface area contributed by atoms with E-state index in [4.69, 9.17) is 19.4 Å². The maximum atomic E-state index is 13.5. The maximum absolute atomic E-state index is 13.5. The molecule has 9 nitrogen and oxygen atoms in total. The first-order valence-corrected chi connectivity index (χ1v) is 14.9. The predicted octanol–water partition coefficient (Wildman–Crippen LogP) is 6.20. The van der Waals surface area contributed by atoms with E-state index in [9.17, 15) is 9.59 Å². The monoisotopic (exact) mass is 589 g/mol. The number of aromatic nitrogens is 3. The van der Waals surface area contributed by atoms with Gasteiger partial charge >= 0.3 is 0 Å². The van der Waals surface area contributed by atoms with Crippen LogP contribution in [0.1, 0.15) is 29.3 Å². The summed E-state index contributed by atoms with van der Waals surface area (Å²) >= 11 is 1.37. The van der Waals surface area contributed by atoms with Crippen molar-refractivity contribution in [3.8, 4) is 11.5 Å². The molecule has 10 heteroatoms. The summed E-state index contributed by atoms with van der Waals surface area (Å²) in [5, 5.41) is 6.98. The minimum atomic E-state index is -0.447. The first-order chi connectivity index (χ1) is 21.1. The topological polar surface area (TPSA) is 107 Å². The van der Waals surface area contributed by atoms with Gasteiger partial charge in [-0.1, -0.05) is 61.2 Å². The molecule has 214 valence electrons. The third kappa shape index (κ3) is 5.21. The van der Waals surface area contributed by atoms with Crippen molar-refractivity contribution in [3.63, 3.8) is 0 Å². The lowest BCUT2D eigenvalue weighted by molar-refractivity contribution is -0.115. The lowest BCUT2D eigenvalue weighted by atomic mass is 10.1. The van der Waals surface area contributed by atoms with Crippen LogP contribution in [0.5, 0.6) is 11.5 Å². The molecule has 2 aromatic heterocycles. The Hall–Kier alpha value is -5.09. The second-order valence-corrected chi connectivity index (χ2v) is 11.3. The number of ether oxygens (including phenoxy) is 2. The van der Waals surface area contributed by atoms with E-state index in [0.717, 1.165) is 27.6 Å². The highest BCUT2D eigenvalue weighted by atomic mass is 32.2. The molecule has 4 aromatic carbocycles. The van der Waals surface area contributed by atoms with Crippen LogP contribution >= 0.6 is 11.8 Å². The van der Waals surface area contributed by atoms with Gasteiger partial charge in [-0.3, -0.25) is 14.0 Å². The van der Waals surface area contributed by atoms with Gasteiger partial charge in [0.25, 0.3) is 5.91 Å². The van der Waals surface area contributed by atoms with E-state index in [1.807, 2.05) is 72.0 Å². The van der Waals surface area contributed by atoms with Crippen LogP contribution in [0.15, 0.2) is 96.2 Å². The Labute approximate surface area is 251 Å². The fraction of sp³-hybridized carbons (Fsp3) is 0.152. The van der Waals surface area contributed by atoms with E-state index in [1.165, 1.54) is 11.8 Å². The lowest BCUT2D eigenvalue weighted by Crippen LogP contribution is -2.25. The average molecular weight is 590 g/mol. The number of thioether (sulfide) groups is 1. The van der Waals surface area contributed by atoms with Crippen LogP contribution in [0, 0.1) is 0 Å². The Morgan fingerprint density at radius 3 is 2.58 bits per heavy atom. The predicted molar refractivity (Wildman–Crippen MR) is 167 cm³/mol. The van der Waals surface area contributed by atoms with Crippen LogP contribution in [-0.4, -0.2) is 38.2 Å². The highest BCUT2D eigenvalue weighted by molar-refractivity contribution is 8.00. The van der Waals surface area contributed by atoms with Gasteiger partial charge in [0.2, 0.25) is 12.7 Å². The number of amides is 2. The number of nitrogens with one attached hydrogen (secondary N) is 2. The van der Waals surface area contributed by atoms with E-state index >= 15 is 0 Å². The summed E-state index contributed by atoms with van der Waals surface area (Å²) in [6.07, 6.45) is 0.566. The van der Waals surface area contributed by atoms with Gasteiger partial charge in [-0.25, -0.2) is 9.97 Å². The Bertz CT molecular complexity index is 2010. The van der Waals surface area contributed by atoms with Crippen molar-refractivity contribution in [3.05, 3.63) is 102 Å². The number of fused-ring (bicyclic) bond motifs is 6. The Morgan fingerprint density at radius 1 is 0.907 bits per heavy atom. The number of hydrogen-bond donors (Lipinski definition) is 2. The quantitative estimate of drug-likeness (QED) is 0.161. The van der Waals surface area contributed by atoms with Crippen LogP contribution in [0.25, 0.3) is 27.6 Å². The van der Waals surface area contributed by atoms with Crippen molar-refractivity contribution < 1.29 is 19.1 Å². The molecule has 0 saturated carbocycles. The van der Waals surface area contributed by atoms with Gasteiger partial charge in [0.15, 0.2) is 16.7 Å². The molecule has 7 rings (SSSR count).